The second-order valence-corrected chi connectivity index (χ2v) is 6.88. The smallest absolute Gasteiger partial charge is 0.252 e. The van der Waals surface area contributed by atoms with Crippen LogP contribution in [0.2, 0.25) is 0 Å². The van der Waals surface area contributed by atoms with Crippen LogP contribution < -0.4 is 10.6 Å². The van der Waals surface area contributed by atoms with Gasteiger partial charge < -0.3 is 15.4 Å². The van der Waals surface area contributed by atoms with Crippen molar-refractivity contribution in [3.8, 4) is 0 Å². The topological polar surface area (TPSA) is 50.4 Å². The first-order chi connectivity index (χ1) is 11.2. The molecule has 4 heteroatoms. The molecule has 0 radical (unpaired) electrons. The van der Waals surface area contributed by atoms with E-state index in [2.05, 4.69) is 41.0 Å². The van der Waals surface area contributed by atoms with E-state index in [9.17, 15) is 4.79 Å². The largest absolute Gasteiger partial charge is 0.368 e. The molecule has 4 nitrogen and oxygen atoms in total. The summed E-state index contributed by atoms with van der Waals surface area (Å²) in [5.74, 6) is 0.726. The van der Waals surface area contributed by atoms with Crippen LogP contribution in [0.3, 0.4) is 0 Å². The predicted octanol–water partition coefficient (Wildman–Crippen LogP) is 2.60. The number of hydrogen-bond donors (Lipinski definition) is 2. The molecule has 0 spiro atoms. The summed E-state index contributed by atoms with van der Waals surface area (Å²) in [6.07, 6.45) is 5.93. The average molecular weight is 316 g/mol. The van der Waals surface area contributed by atoms with Crippen molar-refractivity contribution in [1.82, 2.24) is 10.6 Å². The number of hydrogen-bond acceptors (Lipinski definition) is 3. The lowest BCUT2D eigenvalue weighted by Gasteiger charge is -2.37. The van der Waals surface area contributed by atoms with Crippen molar-refractivity contribution in [3.63, 3.8) is 0 Å². The minimum Gasteiger partial charge on any atom is -0.368 e. The second kappa shape index (κ2) is 7.45. The van der Waals surface area contributed by atoms with Crippen molar-refractivity contribution >= 4 is 5.91 Å². The maximum atomic E-state index is 12.7. The maximum Gasteiger partial charge on any atom is 0.252 e. The van der Waals surface area contributed by atoms with E-state index in [0.29, 0.717) is 12.0 Å². The Morgan fingerprint density at radius 3 is 2.39 bits per heavy atom. The Morgan fingerprint density at radius 1 is 1.13 bits per heavy atom. The summed E-state index contributed by atoms with van der Waals surface area (Å²) in [7, 11) is 1.66. The minimum absolute atomic E-state index is 0.0876. The molecule has 0 aromatic heterocycles. The van der Waals surface area contributed by atoms with Crippen LogP contribution in [0.5, 0.6) is 0 Å². The third-order valence-electron chi connectivity index (χ3n) is 5.55. The van der Waals surface area contributed by atoms with Gasteiger partial charge >= 0.3 is 0 Å². The summed E-state index contributed by atoms with van der Waals surface area (Å²) in [5, 5.41) is 6.56. The van der Waals surface area contributed by atoms with Crippen molar-refractivity contribution < 1.29 is 9.53 Å². The van der Waals surface area contributed by atoms with E-state index in [0.717, 1.165) is 51.6 Å². The van der Waals surface area contributed by atoms with Gasteiger partial charge in [-0.1, -0.05) is 30.3 Å². The molecule has 1 amide bonds. The Bertz CT molecular complexity index is 503. The van der Waals surface area contributed by atoms with Crippen LogP contribution in [0.1, 0.15) is 50.0 Å². The molecular weight excluding hydrogens is 288 g/mol. The molecule has 3 rings (SSSR count). The van der Waals surface area contributed by atoms with Gasteiger partial charge in [-0.2, -0.15) is 0 Å². The normalized spacial score (nSPS) is 27.3. The van der Waals surface area contributed by atoms with Gasteiger partial charge in [0.15, 0.2) is 0 Å². The van der Waals surface area contributed by atoms with E-state index in [4.69, 9.17) is 4.74 Å². The highest BCUT2D eigenvalue weighted by Gasteiger charge is 2.40. The number of nitrogens with one attached hydrogen (secondary N) is 2. The number of methoxy groups -OCH3 is 1. The standard InChI is InChI=1S/C19H28N2O2/c1-23-19(11-13-20-14-12-19)18(22)21-17-9-7-16(8-10-17)15-5-3-2-4-6-15/h2-6,16-17,20H,7-14H2,1H3,(H,21,22). The lowest BCUT2D eigenvalue weighted by molar-refractivity contribution is -0.147. The predicted molar refractivity (Wildman–Crippen MR) is 91.4 cm³/mol. The van der Waals surface area contributed by atoms with E-state index in [1.165, 1.54) is 5.56 Å². The van der Waals surface area contributed by atoms with Gasteiger partial charge in [0.1, 0.15) is 5.60 Å². The molecule has 1 aliphatic carbocycles. The molecule has 1 saturated heterocycles. The molecule has 1 heterocycles. The molecule has 2 N–H and O–H groups in total. The van der Waals surface area contributed by atoms with Gasteiger partial charge in [0.05, 0.1) is 0 Å². The summed E-state index contributed by atoms with van der Waals surface area (Å²) in [5.41, 5.74) is 0.811. The van der Waals surface area contributed by atoms with E-state index in [-0.39, 0.29) is 5.91 Å². The molecule has 126 valence electrons. The van der Waals surface area contributed by atoms with Crippen molar-refractivity contribution in [3.05, 3.63) is 35.9 Å². The third-order valence-corrected chi connectivity index (χ3v) is 5.55. The van der Waals surface area contributed by atoms with Crippen molar-refractivity contribution in [2.75, 3.05) is 20.2 Å². The molecule has 1 aromatic rings. The molecule has 23 heavy (non-hydrogen) atoms. The van der Waals surface area contributed by atoms with Crippen LogP contribution in [0.4, 0.5) is 0 Å². The van der Waals surface area contributed by atoms with Gasteiger partial charge in [0, 0.05) is 13.2 Å². The molecule has 1 saturated carbocycles. The summed E-state index contributed by atoms with van der Waals surface area (Å²) < 4.78 is 5.62. The molecule has 1 aromatic carbocycles. The number of benzene rings is 1. The monoisotopic (exact) mass is 316 g/mol. The highest BCUT2D eigenvalue weighted by Crippen LogP contribution is 2.33. The molecule has 1 aliphatic heterocycles. The second-order valence-electron chi connectivity index (χ2n) is 6.88. The fraction of sp³-hybridized carbons (Fsp3) is 0.632. The first kappa shape index (κ1) is 16.5. The summed E-state index contributed by atoms with van der Waals surface area (Å²) in [6, 6.07) is 11.0. The Morgan fingerprint density at radius 2 is 1.78 bits per heavy atom. The van der Waals surface area contributed by atoms with Gasteiger partial charge in [0.25, 0.3) is 5.91 Å². The number of carbonyl (C=O) groups excluding carboxylic acids is 1. The van der Waals surface area contributed by atoms with Crippen LogP contribution in [-0.2, 0) is 9.53 Å². The van der Waals surface area contributed by atoms with E-state index in [1.807, 2.05) is 0 Å². The zero-order valence-electron chi connectivity index (χ0n) is 14.0. The number of ether oxygens (including phenoxy) is 1. The Hall–Kier alpha value is -1.39. The van der Waals surface area contributed by atoms with Gasteiger partial charge in [-0.05, 0) is 63.1 Å². The van der Waals surface area contributed by atoms with E-state index < -0.39 is 5.60 Å². The number of rotatable bonds is 4. The Kier molecular flexibility index (Phi) is 5.34. The summed E-state index contributed by atoms with van der Waals surface area (Å²) in [4.78, 5) is 12.7. The van der Waals surface area contributed by atoms with Gasteiger partial charge in [-0.15, -0.1) is 0 Å². The van der Waals surface area contributed by atoms with Crippen LogP contribution in [-0.4, -0.2) is 37.7 Å². The van der Waals surface area contributed by atoms with Gasteiger partial charge in [0.2, 0.25) is 0 Å². The molecule has 2 fully saturated rings. The zero-order chi connectivity index (χ0) is 16.1. The molecule has 2 aliphatic rings. The maximum absolute atomic E-state index is 12.7. The van der Waals surface area contributed by atoms with Crippen molar-refractivity contribution in [2.24, 2.45) is 0 Å². The van der Waals surface area contributed by atoms with Gasteiger partial charge in [-0.25, -0.2) is 0 Å². The minimum atomic E-state index is -0.623. The number of carbonyl (C=O) groups is 1. The van der Waals surface area contributed by atoms with Gasteiger partial charge in [-0.3, -0.25) is 4.79 Å². The van der Waals surface area contributed by atoms with Crippen LogP contribution in [0.15, 0.2) is 30.3 Å². The van der Waals surface area contributed by atoms with E-state index in [1.54, 1.807) is 7.11 Å². The quantitative estimate of drug-likeness (QED) is 0.898. The van der Waals surface area contributed by atoms with E-state index >= 15 is 0 Å². The highest BCUT2D eigenvalue weighted by atomic mass is 16.5. The fourth-order valence-corrected chi connectivity index (χ4v) is 3.97. The van der Waals surface area contributed by atoms with Crippen molar-refractivity contribution in [1.29, 1.82) is 0 Å². The lowest BCUT2D eigenvalue weighted by Crippen LogP contribution is -2.56. The molecule has 0 unspecified atom stereocenters. The SMILES string of the molecule is COC1(C(=O)NC2CCC(c3ccccc3)CC2)CCNCC1. The summed E-state index contributed by atoms with van der Waals surface area (Å²) in [6.45, 7) is 1.70. The first-order valence-electron chi connectivity index (χ1n) is 8.85. The Balaban J connectivity index is 1.53. The fourth-order valence-electron chi connectivity index (χ4n) is 3.97. The van der Waals surface area contributed by atoms with Crippen LogP contribution in [0, 0.1) is 0 Å². The third kappa shape index (κ3) is 3.75. The highest BCUT2D eigenvalue weighted by molar-refractivity contribution is 5.85. The van der Waals surface area contributed by atoms with Crippen molar-refractivity contribution in [2.45, 2.75) is 56.1 Å². The number of piperidine rings is 1. The lowest BCUT2D eigenvalue weighted by atomic mass is 9.81. The molecule has 0 atom stereocenters. The zero-order valence-corrected chi connectivity index (χ0v) is 14.0. The number of amides is 1. The molecule has 0 bridgehead atoms. The van der Waals surface area contributed by atoms with Crippen LogP contribution >= 0.6 is 0 Å². The summed E-state index contributed by atoms with van der Waals surface area (Å²) >= 11 is 0. The molecular formula is C19H28N2O2. The average Bonchev–Trinajstić information content (AvgIpc) is 2.63. The Labute approximate surface area is 139 Å². The first-order valence-corrected chi connectivity index (χ1v) is 8.85. The van der Waals surface area contributed by atoms with Crippen LogP contribution in [0.25, 0.3) is 0 Å².